The average Bonchev–Trinajstić information content (AvgIpc) is 2.28. The summed E-state index contributed by atoms with van der Waals surface area (Å²) in [5.74, 6) is -1.32. The zero-order valence-corrected chi connectivity index (χ0v) is 11.9. The Morgan fingerprint density at radius 2 is 1.89 bits per heavy atom. The summed E-state index contributed by atoms with van der Waals surface area (Å²) in [7, 11) is 0. The molecule has 1 aliphatic rings. The van der Waals surface area contributed by atoms with Crippen molar-refractivity contribution in [2.24, 2.45) is 11.1 Å². The van der Waals surface area contributed by atoms with Crippen molar-refractivity contribution in [1.29, 1.82) is 0 Å². The summed E-state index contributed by atoms with van der Waals surface area (Å²) in [4.78, 5) is 23.4. The fraction of sp³-hybridized carbons (Fsp3) is 0.846. The van der Waals surface area contributed by atoms with Gasteiger partial charge < -0.3 is 20.9 Å². The molecule has 4 N–H and O–H groups in total. The van der Waals surface area contributed by atoms with Crippen LogP contribution in [-0.4, -0.2) is 41.8 Å². The number of carboxylic acids is 1. The lowest BCUT2D eigenvalue weighted by molar-refractivity contribution is -0.152. The SMILES string of the molecule is CC(C)(C)C(N)CC(=O)NC1(C(=O)O)CCOCC1. The van der Waals surface area contributed by atoms with Crippen LogP contribution >= 0.6 is 0 Å². The highest BCUT2D eigenvalue weighted by Crippen LogP contribution is 2.23. The first-order valence-electron chi connectivity index (χ1n) is 6.55. The van der Waals surface area contributed by atoms with E-state index in [0.717, 1.165) is 0 Å². The summed E-state index contributed by atoms with van der Waals surface area (Å²) in [6, 6.07) is -0.307. The highest BCUT2D eigenvalue weighted by molar-refractivity contribution is 5.87. The molecule has 19 heavy (non-hydrogen) atoms. The Morgan fingerprint density at radius 3 is 2.32 bits per heavy atom. The van der Waals surface area contributed by atoms with Crippen LogP contribution in [0.15, 0.2) is 0 Å². The van der Waals surface area contributed by atoms with Gasteiger partial charge in [-0.3, -0.25) is 4.79 Å². The molecule has 0 spiro atoms. The molecule has 1 unspecified atom stereocenters. The van der Waals surface area contributed by atoms with Crippen molar-refractivity contribution in [2.75, 3.05) is 13.2 Å². The summed E-state index contributed by atoms with van der Waals surface area (Å²) < 4.78 is 5.15. The van der Waals surface area contributed by atoms with Gasteiger partial charge in [-0.05, 0) is 5.41 Å². The minimum atomic E-state index is -1.20. The number of aliphatic carboxylic acids is 1. The molecular weight excluding hydrogens is 248 g/mol. The van der Waals surface area contributed by atoms with Crippen LogP contribution in [0.3, 0.4) is 0 Å². The van der Waals surface area contributed by atoms with Crippen molar-refractivity contribution in [1.82, 2.24) is 5.32 Å². The molecule has 0 aromatic heterocycles. The van der Waals surface area contributed by atoms with Crippen molar-refractivity contribution < 1.29 is 19.4 Å². The first-order valence-corrected chi connectivity index (χ1v) is 6.55. The highest BCUT2D eigenvalue weighted by Gasteiger charge is 2.41. The van der Waals surface area contributed by atoms with E-state index < -0.39 is 11.5 Å². The molecule has 1 saturated heterocycles. The second kappa shape index (κ2) is 5.88. The molecule has 6 nitrogen and oxygen atoms in total. The number of nitrogens with two attached hydrogens (primary N) is 1. The van der Waals surface area contributed by atoms with Gasteiger partial charge >= 0.3 is 5.97 Å². The molecule has 1 rings (SSSR count). The quantitative estimate of drug-likeness (QED) is 0.691. The van der Waals surface area contributed by atoms with Crippen LogP contribution in [0.2, 0.25) is 0 Å². The van der Waals surface area contributed by atoms with E-state index in [1.807, 2.05) is 20.8 Å². The molecule has 6 heteroatoms. The maximum Gasteiger partial charge on any atom is 0.329 e. The zero-order valence-electron chi connectivity index (χ0n) is 11.9. The van der Waals surface area contributed by atoms with E-state index >= 15 is 0 Å². The van der Waals surface area contributed by atoms with Gasteiger partial charge in [-0.2, -0.15) is 0 Å². The minimum absolute atomic E-state index is 0.124. The van der Waals surface area contributed by atoms with Gasteiger partial charge in [0.25, 0.3) is 0 Å². The molecule has 1 atom stereocenters. The first kappa shape index (κ1) is 15.9. The molecule has 0 saturated carbocycles. The Morgan fingerprint density at radius 1 is 1.37 bits per heavy atom. The van der Waals surface area contributed by atoms with Gasteiger partial charge in [0.15, 0.2) is 0 Å². The molecule has 1 amide bonds. The molecule has 1 heterocycles. The van der Waals surface area contributed by atoms with Gasteiger partial charge in [0.1, 0.15) is 5.54 Å². The van der Waals surface area contributed by atoms with Crippen LogP contribution in [0, 0.1) is 5.41 Å². The number of carboxylic acid groups (broad SMARTS) is 1. The fourth-order valence-corrected chi connectivity index (χ4v) is 1.94. The number of rotatable bonds is 4. The van der Waals surface area contributed by atoms with Crippen LogP contribution in [-0.2, 0) is 14.3 Å². The monoisotopic (exact) mass is 272 g/mol. The zero-order chi connectivity index (χ0) is 14.7. The van der Waals surface area contributed by atoms with E-state index in [0.29, 0.717) is 26.1 Å². The van der Waals surface area contributed by atoms with Crippen LogP contribution in [0.1, 0.15) is 40.0 Å². The summed E-state index contributed by atoms with van der Waals surface area (Å²) in [6.07, 6.45) is 0.705. The predicted molar refractivity (Wildman–Crippen MR) is 70.6 cm³/mol. The van der Waals surface area contributed by atoms with Gasteiger partial charge in [-0.15, -0.1) is 0 Å². The molecule has 1 fully saturated rings. The lowest BCUT2D eigenvalue weighted by Gasteiger charge is -2.35. The topological polar surface area (TPSA) is 102 Å². The number of hydrogen-bond donors (Lipinski definition) is 3. The Bertz CT molecular complexity index is 343. The molecule has 1 aliphatic heterocycles. The lowest BCUT2D eigenvalue weighted by atomic mass is 9.84. The van der Waals surface area contributed by atoms with E-state index in [1.165, 1.54) is 0 Å². The standard InChI is InChI=1S/C13H24N2O4/c1-12(2,3)9(14)8-10(16)15-13(11(17)18)4-6-19-7-5-13/h9H,4-8,14H2,1-3H3,(H,15,16)(H,17,18). The third-order valence-electron chi connectivity index (χ3n) is 3.65. The molecule has 0 aliphatic carbocycles. The molecule has 0 aromatic carbocycles. The third kappa shape index (κ3) is 4.18. The summed E-state index contributed by atoms with van der Waals surface area (Å²) >= 11 is 0. The minimum Gasteiger partial charge on any atom is -0.480 e. The van der Waals surface area contributed by atoms with E-state index in [1.54, 1.807) is 0 Å². The maximum atomic E-state index is 12.0. The maximum absolute atomic E-state index is 12.0. The number of hydrogen-bond acceptors (Lipinski definition) is 4. The fourth-order valence-electron chi connectivity index (χ4n) is 1.94. The normalized spacial score (nSPS) is 20.6. The van der Waals surface area contributed by atoms with Crippen molar-refractivity contribution in [3.05, 3.63) is 0 Å². The van der Waals surface area contributed by atoms with Gasteiger partial charge in [0.05, 0.1) is 0 Å². The van der Waals surface area contributed by atoms with E-state index in [2.05, 4.69) is 5.32 Å². The van der Waals surface area contributed by atoms with Gasteiger partial charge in [0.2, 0.25) is 5.91 Å². The third-order valence-corrected chi connectivity index (χ3v) is 3.65. The van der Waals surface area contributed by atoms with Crippen LogP contribution in [0.25, 0.3) is 0 Å². The molecule has 0 aromatic rings. The largest absolute Gasteiger partial charge is 0.480 e. The Hall–Kier alpha value is -1.14. The predicted octanol–water partition coefficient (Wildman–Crippen LogP) is 0.500. The Balaban J connectivity index is 2.65. The Labute approximate surface area is 113 Å². The second-order valence-electron chi connectivity index (χ2n) is 6.22. The second-order valence-corrected chi connectivity index (χ2v) is 6.22. The summed E-state index contributed by atoms with van der Waals surface area (Å²) in [6.45, 7) is 6.54. The van der Waals surface area contributed by atoms with Gasteiger partial charge in [0, 0.05) is 38.5 Å². The lowest BCUT2D eigenvalue weighted by Crippen LogP contribution is -2.58. The number of carbonyl (C=O) groups is 2. The van der Waals surface area contributed by atoms with Crippen molar-refractivity contribution in [3.63, 3.8) is 0 Å². The van der Waals surface area contributed by atoms with Crippen LogP contribution < -0.4 is 11.1 Å². The number of nitrogens with one attached hydrogen (secondary N) is 1. The molecule has 0 radical (unpaired) electrons. The van der Waals surface area contributed by atoms with E-state index in [-0.39, 0.29) is 23.8 Å². The first-order chi connectivity index (χ1) is 8.67. The average molecular weight is 272 g/mol. The van der Waals surface area contributed by atoms with Gasteiger partial charge in [-0.1, -0.05) is 20.8 Å². The van der Waals surface area contributed by atoms with E-state index in [4.69, 9.17) is 10.5 Å². The van der Waals surface area contributed by atoms with Crippen molar-refractivity contribution in [3.8, 4) is 0 Å². The van der Waals surface area contributed by atoms with Crippen molar-refractivity contribution >= 4 is 11.9 Å². The summed E-state index contributed by atoms with van der Waals surface area (Å²) in [5.41, 5.74) is 4.55. The number of amides is 1. The van der Waals surface area contributed by atoms with Gasteiger partial charge in [-0.25, -0.2) is 4.79 Å². The molecule has 0 bridgehead atoms. The van der Waals surface area contributed by atoms with E-state index in [9.17, 15) is 14.7 Å². The number of carbonyl (C=O) groups excluding carboxylic acids is 1. The highest BCUT2D eigenvalue weighted by atomic mass is 16.5. The van der Waals surface area contributed by atoms with Crippen LogP contribution in [0.5, 0.6) is 0 Å². The molecular formula is C13H24N2O4. The number of ether oxygens (including phenoxy) is 1. The van der Waals surface area contributed by atoms with Crippen molar-refractivity contribution in [2.45, 2.75) is 51.6 Å². The molecule has 110 valence electrons. The Kier molecular flexibility index (Phi) is 4.92. The smallest absolute Gasteiger partial charge is 0.329 e. The van der Waals surface area contributed by atoms with Crippen LogP contribution in [0.4, 0.5) is 0 Å². The summed E-state index contributed by atoms with van der Waals surface area (Å²) in [5, 5.41) is 12.0.